The molecule has 12 heteroatoms. The van der Waals surface area contributed by atoms with Crippen LogP contribution in [0.25, 0.3) is 0 Å². The number of piperazine rings is 1. The Morgan fingerprint density at radius 1 is 0.864 bits per heavy atom. The molecule has 3 aromatic rings. The van der Waals surface area contributed by atoms with E-state index >= 15 is 0 Å². The highest BCUT2D eigenvalue weighted by Crippen LogP contribution is 2.52. The largest absolute Gasteiger partial charge is 0.496 e. The van der Waals surface area contributed by atoms with Crippen LogP contribution < -0.4 is 9.04 Å². The molecule has 232 valence electrons. The molecule has 6 rings (SSSR count). The van der Waals surface area contributed by atoms with Gasteiger partial charge in [0.1, 0.15) is 5.75 Å². The lowest BCUT2D eigenvalue weighted by atomic mass is 9.86. The fourth-order valence-electron chi connectivity index (χ4n) is 6.26. The van der Waals surface area contributed by atoms with Gasteiger partial charge in [0, 0.05) is 49.9 Å². The number of sulfonamides is 1. The van der Waals surface area contributed by atoms with Crippen LogP contribution in [0.1, 0.15) is 30.9 Å². The van der Waals surface area contributed by atoms with E-state index < -0.39 is 27.6 Å². The molecule has 2 saturated heterocycles. The molecule has 0 radical (unpaired) electrons. The van der Waals surface area contributed by atoms with Gasteiger partial charge >= 0.3 is 6.09 Å². The predicted molar refractivity (Wildman–Crippen MR) is 166 cm³/mol. The third-order valence-corrected chi connectivity index (χ3v) is 10.7. The topological polar surface area (TPSA) is 99.7 Å². The van der Waals surface area contributed by atoms with Gasteiger partial charge in [0.15, 0.2) is 0 Å². The van der Waals surface area contributed by atoms with E-state index in [0.29, 0.717) is 36.4 Å². The van der Waals surface area contributed by atoms with Crippen molar-refractivity contribution >= 4 is 39.3 Å². The molecule has 0 N–H and O–H groups in total. The molecule has 2 amide bonds. The van der Waals surface area contributed by atoms with E-state index in [4.69, 9.17) is 21.1 Å². The number of amides is 2. The third-order valence-electron chi connectivity index (χ3n) is 8.72. The van der Waals surface area contributed by atoms with Crippen molar-refractivity contribution in [3.63, 3.8) is 0 Å². The van der Waals surface area contributed by atoms with Crippen molar-refractivity contribution in [2.45, 2.75) is 30.3 Å². The van der Waals surface area contributed by atoms with E-state index in [9.17, 15) is 18.0 Å². The summed E-state index contributed by atoms with van der Waals surface area (Å²) in [6.45, 7) is 6.25. The minimum absolute atomic E-state index is 0.0473. The van der Waals surface area contributed by atoms with Gasteiger partial charge in [-0.25, -0.2) is 23.2 Å². The van der Waals surface area contributed by atoms with Crippen LogP contribution in [-0.4, -0.2) is 81.7 Å². The van der Waals surface area contributed by atoms with E-state index in [1.807, 2.05) is 0 Å². The summed E-state index contributed by atoms with van der Waals surface area (Å²) in [6.07, 6.45) is 1.54. The Morgan fingerprint density at radius 3 is 2.18 bits per heavy atom. The number of carbonyl (C=O) groups is 2. The second kappa shape index (κ2) is 12.0. The van der Waals surface area contributed by atoms with E-state index in [1.165, 1.54) is 37.4 Å². The fraction of sp³-hybridized carbons (Fsp3) is 0.375. The average molecular weight is 639 g/mol. The number of rotatable bonds is 6. The Labute approximate surface area is 262 Å². The van der Waals surface area contributed by atoms with Crippen molar-refractivity contribution in [2.75, 3.05) is 50.7 Å². The van der Waals surface area contributed by atoms with E-state index in [-0.39, 0.29) is 32.5 Å². The Morgan fingerprint density at radius 2 is 1.50 bits per heavy atom. The normalized spacial score (nSPS) is 21.8. The lowest BCUT2D eigenvalue weighted by Gasteiger charge is -2.43. The van der Waals surface area contributed by atoms with Crippen molar-refractivity contribution in [2.24, 2.45) is 5.92 Å². The maximum Gasteiger partial charge on any atom is 0.411 e. The summed E-state index contributed by atoms with van der Waals surface area (Å²) in [5.74, 6) is -0.000456. The third kappa shape index (κ3) is 5.21. The SMILES string of the molecule is COc1ccccc1C1(OC(=O)N2CCN(N3CCC(C)CC3)CC2)C(=O)N(S(=O)(=O)c2ccccc2)c2ccc(Cl)cc21. The number of para-hydroxylation sites is 1. The molecule has 1 atom stereocenters. The summed E-state index contributed by atoms with van der Waals surface area (Å²) in [5, 5.41) is 4.87. The number of fused-ring (bicyclic) bond motifs is 1. The Bertz CT molecular complexity index is 1660. The van der Waals surface area contributed by atoms with Crippen molar-refractivity contribution in [3.05, 3.63) is 88.9 Å². The number of piperidine rings is 1. The second-order valence-electron chi connectivity index (χ2n) is 11.4. The molecule has 3 aliphatic heterocycles. The van der Waals surface area contributed by atoms with Crippen molar-refractivity contribution < 1.29 is 27.5 Å². The number of nitrogens with zero attached hydrogens (tertiary/aromatic N) is 4. The Balaban J connectivity index is 1.40. The fourth-order valence-corrected chi connectivity index (χ4v) is 7.90. The summed E-state index contributed by atoms with van der Waals surface area (Å²) < 4.78 is 40.7. The van der Waals surface area contributed by atoms with Crippen LogP contribution in [-0.2, 0) is 25.2 Å². The van der Waals surface area contributed by atoms with Gasteiger partial charge in [-0.1, -0.05) is 54.9 Å². The molecule has 3 aliphatic rings. The van der Waals surface area contributed by atoms with Crippen LogP contribution in [0.15, 0.2) is 77.7 Å². The highest BCUT2D eigenvalue weighted by molar-refractivity contribution is 7.93. The summed E-state index contributed by atoms with van der Waals surface area (Å²) in [6, 6.07) is 18.7. The molecule has 0 aromatic heterocycles. The number of anilines is 1. The van der Waals surface area contributed by atoms with Crippen LogP contribution in [0.4, 0.5) is 10.5 Å². The van der Waals surface area contributed by atoms with Crippen LogP contribution in [0.3, 0.4) is 0 Å². The second-order valence-corrected chi connectivity index (χ2v) is 13.6. The first-order valence-corrected chi connectivity index (χ1v) is 16.5. The highest BCUT2D eigenvalue weighted by atomic mass is 35.5. The van der Waals surface area contributed by atoms with Crippen LogP contribution in [0.5, 0.6) is 5.75 Å². The number of hydrazine groups is 1. The molecule has 3 heterocycles. The smallest absolute Gasteiger partial charge is 0.411 e. The minimum atomic E-state index is -4.41. The summed E-state index contributed by atoms with van der Waals surface area (Å²) in [5.41, 5.74) is -1.82. The number of carbonyl (C=O) groups excluding carboxylic acids is 2. The maximum atomic E-state index is 14.7. The van der Waals surface area contributed by atoms with E-state index in [0.717, 1.165) is 25.9 Å². The van der Waals surface area contributed by atoms with Gasteiger partial charge in [0.25, 0.3) is 15.9 Å². The zero-order chi connectivity index (χ0) is 31.1. The van der Waals surface area contributed by atoms with Crippen molar-refractivity contribution in [3.8, 4) is 5.75 Å². The molecule has 10 nitrogen and oxygen atoms in total. The molecule has 44 heavy (non-hydrogen) atoms. The maximum absolute atomic E-state index is 14.7. The molecule has 3 aromatic carbocycles. The number of ether oxygens (including phenoxy) is 2. The van der Waals surface area contributed by atoms with Crippen molar-refractivity contribution in [1.29, 1.82) is 0 Å². The molecule has 2 fully saturated rings. The lowest BCUT2D eigenvalue weighted by molar-refractivity contribution is -0.133. The molecule has 0 saturated carbocycles. The van der Waals surface area contributed by atoms with Gasteiger partial charge in [-0.05, 0) is 55.2 Å². The molecule has 0 aliphatic carbocycles. The Hall–Kier alpha value is -3.64. The average Bonchev–Trinajstić information content (AvgIpc) is 3.29. The van der Waals surface area contributed by atoms with Gasteiger partial charge in [-0.3, -0.25) is 4.79 Å². The summed E-state index contributed by atoms with van der Waals surface area (Å²) in [4.78, 5) is 30.2. The van der Waals surface area contributed by atoms with Gasteiger partial charge in [0.05, 0.1) is 23.3 Å². The number of benzene rings is 3. The van der Waals surface area contributed by atoms with Gasteiger partial charge in [-0.15, -0.1) is 0 Å². The number of hydrogen-bond donors (Lipinski definition) is 0. The molecular weight excluding hydrogens is 604 g/mol. The molecular formula is C32H35ClN4O6S. The van der Waals surface area contributed by atoms with Gasteiger partial charge < -0.3 is 14.4 Å². The zero-order valence-corrected chi connectivity index (χ0v) is 26.3. The number of halogens is 1. The van der Waals surface area contributed by atoms with Crippen LogP contribution in [0.2, 0.25) is 5.02 Å². The zero-order valence-electron chi connectivity index (χ0n) is 24.7. The first kappa shape index (κ1) is 30.4. The first-order valence-electron chi connectivity index (χ1n) is 14.7. The quantitative estimate of drug-likeness (QED) is 0.382. The number of methoxy groups -OCH3 is 1. The molecule has 1 unspecified atom stereocenters. The molecule has 0 spiro atoms. The molecule has 0 bridgehead atoms. The minimum Gasteiger partial charge on any atom is -0.496 e. The van der Waals surface area contributed by atoms with Crippen LogP contribution >= 0.6 is 11.6 Å². The highest BCUT2D eigenvalue weighted by Gasteiger charge is 2.60. The summed E-state index contributed by atoms with van der Waals surface area (Å²) >= 11 is 6.45. The lowest BCUT2D eigenvalue weighted by Crippen LogP contribution is -2.57. The summed E-state index contributed by atoms with van der Waals surface area (Å²) in [7, 11) is -2.98. The van der Waals surface area contributed by atoms with E-state index in [1.54, 1.807) is 47.4 Å². The van der Waals surface area contributed by atoms with E-state index in [2.05, 4.69) is 16.9 Å². The monoisotopic (exact) mass is 638 g/mol. The number of hydrogen-bond acceptors (Lipinski definition) is 8. The van der Waals surface area contributed by atoms with Gasteiger partial charge in [0.2, 0.25) is 5.60 Å². The Kier molecular flexibility index (Phi) is 8.31. The predicted octanol–water partition coefficient (Wildman–Crippen LogP) is 4.73. The van der Waals surface area contributed by atoms with Crippen LogP contribution in [0, 0.1) is 5.92 Å². The first-order chi connectivity index (χ1) is 21.2. The van der Waals surface area contributed by atoms with Crippen molar-refractivity contribution in [1.82, 2.24) is 14.9 Å². The standard InChI is InChI=1S/C32H35ClN4O6S/c1-23-14-16-35(17-15-23)36-20-18-34(19-21-36)31(39)43-32(26-10-6-7-11-29(26)42-2)27-22-24(33)12-13-28(27)37(30(32)38)44(40,41)25-8-4-3-5-9-25/h3-13,22-23H,14-21H2,1-2H3. The van der Waals surface area contributed by atoms with Gasteiger partial charge in [-0.2, -0.15) is 4.31 Å².